The summed E-state index contributed by atoms with van der Waals surface area (Å²) in [7, 11) is 0. The van der Waals surface area contributed by atoms with Gasteiger partial charge in [0, 0.05) is 11.1 Å². The SMILES string of the molecule is CC(N)c1ccc(OC2CCC2)cc1Cl. The highest BCUT2D eigenvalue weighted by Gasteiger charge is 2.19. The van der Waals surface area contributed by atoms with Crippen molar-refractivity contribution in [1.29, 1.82) is 0 Å². The second-order valence-electron chi connectivity index (χ2n) is 4.14. The van der Waals surface area contributed by atoms with Crippen molar-refractivity contribution >= 4 is 11.6 Å². The molecule has 82 valence electrons. The second-order valence-corrected chi connectivity index (χ2v) is 4.55. The largest absolute Gasteiger partial charge is 0.490 e. The molecular formula is C12H16ClNO. The van der Waals surface area contributed by atoms with E-state index in [2.05, 4.69) is 0 Å². The first kappa shape index (κ1) is 10.8. The lowest BCUT2D eigenvalue weighted by Gasteiger charge is -2.26. The Balaban J connectivity index is 2.10. The molecule has 15 heavy (non-hydrogen) atoms. The summed E-state index contributed by atoms with van der Waals surface area (Å²) in [4.78, 5) is 0. The molecule has 1 aromatic rings. The maximum Gasteiger partial charge on any atom is 0.121 e. The molecule has 1 aliphatic rings. The van der Waals surface area contributed by atoms with Crippen LogP contribution in [0.2, 0.25) is 5.02 Å². The molecule has 0 saturated heterocycles. The number of ether oxygens (including phenoxy) is 1. The molecule has 0 heterocycles. The fraction of sp³-hybridized carbons (Fsp3) is 0.500. The van der Waals surface area contributed by atoms with E-state index in [0.29, 0.717) is 11.1 Å². The van der Waals surface area contributed by atoms with Gasteiger partial charge in [-0.15, -0.1) is 0 Å². The van der Waals surface area contributed by atoms with E-state index in [1.54, 1.807) is 0 Å². The minimum Gasteiger partial charge on any atom is -0.490 e. The van der Waals surface area contributed by atoms with Gasteiger partial charge in [-0.25, -0.2) is 0 Å². The van der Waals surface area contributed by atoms with Crippen molar-refractivity contribution in [1.82, 2.24) is 0 Å². The first-order valence-corrected chi connectivity index (χ1v) is 5.76. The maximum absolute atomic E-state index is 6.11. The molecule has 2 nitrogen and oxygen atoms in total. The molecule has 2 rings (SSSR count). The quantitative estimate of drug-likeness (QED) is 0.857. The van der Waals surface area contributed by atoms with Crippen molar-refractivity contribution in [2.24, 2.45) is 5.73 Å². The fourth-order valence-corrected chi connectivity index (χ4v) is 1.97. The Morgan fingerprint density at radius 1 is 1.47 bits per heavy atom. The molecule has 3 heteroatoms. The van der Waals surface area contributed by atoms with Gasteiger partial charge in [-0.1, -0.05) is 17.7 Å². The number of halogens is 1. The van der Waals surface area contributed by atoms with E-state index in [9.17, 15) is 0 Å². The summed E-state index contributed by atoms with van der Waals surface area (Å²) >= 11 is 6.11. The fourth-order valence-electron chi connectivity index (χ4n) is 1.63. The van der Waals surface area contributed by atoms with Crippen molar-refractivity contribution in [2.45, 2.75) is 38.3 Å². The minimum atomic E-state index is -0.0322. The summed E-state index contributed by atoms with van der Waals surface area (Å²) in [6, 6.07) is 5.72. The van der Waals surface area contributed by atoms with Gasteiger partial charge in [0.25, 0.3) is 0 Å². The van der Waals surface area contributed by atoms with Gasteiger partial charge in [-0.05, 0) is 43.9 Å². The average Bonchev–Trinajstić information content (AvgIpc) is 2.11. The number of nitrogens with two attached hydrogens (primary N) is 1. The van der Waals surface area contributed by atoms with Crippen molar-refractivity contribution in [2.75, 3.05) is 0 Å². The van der Waals surface area contributed by atoms with E-state index in [0.717, 1.165) is 24.2 Å². The Kier molecular flexibility index (Phi) is 3.17. The lowest BCUT2D eigenvalue weighted by Crippen LogP contribution is -2.24. The van der Waals surface area contributed by atoms with Crippen LogP contribution in [0.15, 0.2) is 18.2 Å². The lowest BCUT2D eigenvalue weighted by molar-refractivity contribution is 0.120. The summed E-state index contributed by atoms with van der Waals surface area (Å²) in [5.41, 5.74) is 6.75. The first-order chi connectivity index (χ1) is 7.16. The molecule has 0 aromatic heterocycles. The molecule has 0 amide bonds. The molecule has 0 spiro atoms. The van der Waals surface area contributed by atoms with Crippen LogP contribution >= 0.6 is 11.6 Å². The number of hydrogen-bond donors (Lipinski definition) is 1. The molecule has 0 bridgehead atoms. The van der Waals surface area contributed by atoms with Crippen molar-refractivity contribution < 1.29 is 4.74 Å². The zero-order valence-corrected chi connectivity index (χ0v) is 9.63. The van der Waals surface area contributed by atoms with E-state index in [1.807, 2.05) is 25.1 Å². The zero-order chi connectivity index (χ0) is 10.8. The van der Waals surface area contributed by atoms with Crippen LogP contribution in [-0.2, 0) is 0 Å². The van der Waals surface area contributed by atoms with Crippen LogP contribution in [0.5, 0.6) is 5.75 Å². The van der Waals surface area contributed by atoms with Gasteiger partial charge in [0.15, 0.2) is 0 Å². The molecule has 1 aromatic carbocycles. The summed E-state index contributed by atoms with van der Waals surface area (Å²) < 4.78 is 5.74. The lowest BCUT2D eigenvalue weighted by atomic mass is 9.96. The average molecular weight is 226 g/mol. The smallest absolute Gasteiger partial charge is 0.121 e. The highest BCUT2D eigenvalue weighted by molar-refractivity contribution is 6.31. The Labute approximate surface area is 95.4 Å². The molecule has 2 N–H and O–H groups in total. The molecule has 0 aliphatic heterocycles. The van der Waals surface area contributed by atoms with Gasteiger partial charge in [0.05, 0.1) is 6.10 Å². The summed E-state index contributed by atoms with van der Waals surface area (Å²) in [5.74, 6) is 0.856. The van der Waals surface area contributed by atoms with Gasteiger partial charge in [-0.2, -0.15) is 0 Å². The predicted octanol–water partition coefficient (Wildman–Crippen LogP) is 3.29. The van der Waals surface area contributed by atoms with Gasteiger partial charge < -0.3 is 10.5 Å². The number of hydrogen-bond acceptors (Lipinski definition) is 2. The Bertz CT molecular complexity index is 347. The second kappa shape index (κ2) is 4.42. The van der Waals surface area contributed by atoms with Crippen molar-refractivity contribution in [3.8, 4) is 5.75 Å². The van der Waals surface area contributed by atoms with Crippen LogP contribution < -0.4 is 10.5 Å². The van der Waals surface area contributed by atoms with Gasteiger partial charge >= 0.3 is 0 Å². The van der Waals surface area contributed by atoms with E-state index in [-0.39, 0.29) is 6.04 Å². The Morgan fingerprint density at radius 2 is 2.20 bits per heavy atom. The molecule has 1 unspecified atom stereocenters. The molecule has 1 atom stereocenters. The zero-order valence-electron chi connectivity index (χ0n) is 8.87. The predicted molar refractivity (Wildman–Crippen MR) is 62.3 cm³/mol. The molecule has 1 saturated carbocycles. The maximum atomic E-state index is 6.11. The molecule has 0 radical (unpaired) electrons. The number of benzene rings is 1. The molecule has 1 aliphatic carbocycles. The molecule has 1 fully saturated rings. The van der Waals surface area contributed by atoms with Crippen molar-refractivity contribution in [3.63, 3.8) is 0 Å². The van der Waals surface area contributed by atoms with Crippen LogP contribution in [-0.4, -0.2) is 6.10 Å². The van der Waals surface area contributed by atoms with Gasteiger partial charge in [0.1, 0.15) is 5.75 Å². The van der Waals surface area contributed by atoms with E-state index in [1.165, 1.54) is 6.42 Å². The normalized spacial score (nSPS) is 18.3. The van der Waals surface area contributed by atoms with Crippen LogP contribution in [0.3, 0.4) is 0 Å². The van der Waals surface area contributed by atoms with Gasteiger partial charge in [-0.3, -0.25) is 0 Å². The third kappa shape index (κ3) is 2.44. The highest BCUT2D eigenvalue weighted by atomic mass is 35.5. The third-order valence-electron chi connectivity index (χ3n) is 2.82. The van der Waals surface area contributed by atoms with E-state index < -0.39 is 0 Å². The molecular weight excluding hydrogens is 210 g/mol. The first-order valence-electron chi connectivity index (χ1n) is 5.38. The van der Waals surface area contributed by atoms with E-state index in [4.69, 9.17) is 22.1 Å². The summed E-state index contributed by atoms with van der Waals surface area (Å²) in [6.07, 6.45) is 3.98. The summed E-state index contributed by atoms with van der Waals surface area (Å²) in [6.45, 7) is 1.92. The Hall–Kier alpha value is -0.730. The topological polar surface area (TPSA) is 35.2 Å². The van der Waals surface area contributed by atoms with Crippen LogP contribution in [0, 0.1) is 0 Å². The van der Waals surface area contributed by atoms with Crippen LogP contribution in [0.4, 0.5) is 0 Å². The Morgan fingerprint density at radius 3 is 2.67 bits per heavy atom. The standard InChI is InChI=1S/C12H16ClNO/c1-8(14)11-6-5-10(7-12(11)13)15-9-3-2-4-9/h5-9H,2-4,14H2,1H3. The van der Waals surface area contributed by atoms with Gasteiger partial charge in [0.2, 0.25) is 0 Å². The number of rotatable bonds is 3. The van der Waals surface area contributed by atoms with Crippen molar-refractivity contribution in [3.05, 3.63) is 28.8 Å². The third-order valence-corrected chi connectivity index (χ3v) is 3.14. The highest BCUT2D eigenvalue weighted by Crippen LogP contribution is 2.30. The minimum absolute atomic E-state index is 0.0322. The summed E-state index contributed by atoms with van der Waals surface area (Å²) in [5, 5.41) is 0.696. The van der Waals surface area contributed by atoms with E-state index >= 15 is 0 Å². The van der Waals surface area contributed by atoms with Crippen LogP contribution in [0.25, 0.3) is 0 Å². The van der Waals surface area contributed by atoms with Crippen LogP contribution in [0.1, 0.15) is 37.8 Å². The monoisotopic (exact) mass is 225 g/mol.